The third-order valence-electron chi connectivity index (χ3n) is 11.6. The van der Waals surface area contributed by atoms with Crippen LogP contribution in [0, 0.1) is 10.3 Å². The summed E-state index contributed by atoms with van der Waals surface area (Å²) >= 11 is 0. The lowest BCUT2D eigenvalue weighted by molar-refractivity contribution is -0.135. The zero-order valence-corrected chi connectivity index (χ0v) is 35.0. The number of nitrogens with one attached hydrogen (secondary N) is 3. The van der Waals surface area contributed by atoms with E-state index >= 15 is 0 Å². The molecule has 0 spiro atoms. The van der Waals surface area contributed by atoms with E-state index in [0.29, 0.717) is 55.7 Å². The van der Waals surface area contributed by atoms with Crippen molar-refractivity contribution < 1.29 is 19.1 Å². The highest BCUT2D eigenvalue weighted by Crippen LogP contribution is 2.27. The highest BCUT2D eigenvalue weighted by molar-refractivity contribution is 6.23. The third kappa shape index (κ3) is 11.6. The lowest BCUT2D eigenvalue weighted by Gasteiger charge is -2.38. The average molecular weight is 829 g/mol. The summed E-state index contributed by atoms with van der Waals surface area (Å²) < 4.78 is 5.77. The molecule has 3 fully saturated rings. The summed E-state index contributed by atoms with van der Waals surface area (Å²) in [5, 5.41) is 17.9. The zero-order valence-electron chi connectivity index (χ0n) is 35.0. The fourth-order valence-electron chi connectivity index (χ4n) is 8.15. The number of imide groups is 1. The first-order valence-corrected chi connectivity index (χ1v) is 21.4. The summed E-state index contributed by atoms with van der Waals surface area (Å²) in [5.74, 6) is 1.85. The second-order valence-corrected chi connectivity index (χ2v) is 15.8. The molecular formula is C46H56N10O5. The van der Waals surface area contributed by atoms with E-state index in [1.54, 1.807) is 24.3 Å². The molecule has 3 N–H and O–H groups in total. The van der Waals surface area contributed by atoms with Crippen LogP contribution >= 0.6 is 0 Å². The molecule has 15 heteroatoms. The molecular weight excluding hydrogens is 773 g/mol. The van der Waals surface area contributed by atoms with Crippen LogP contribution in [-0.2, 0) is 16.0 Å². The van der Waals surface area contributed by atoms with E-state index < -0.39 is 6.03 Å². The van der Waals surface area contributed by atoms with Crippen LogP contribution in [0.3, 0.4) is 0 Å². The molecule has 3 aromatic rings. The van der Waals surface area contributed by atoms with Gasteiger partial charge in [0.25, 0.3) is 5.91 Å². The highest BCUT2D eigenvalue weighted by Gasteiger charge is 2.26. The standard InChI is InChI=1S/C46H56N10O5/c1-34(47)44(45-49-40(36-11-5-2-6-12-36)32-41(50-45)54-27-23-53(24-28-54)22-19-48-60)37-13-8-10-35(31-37)9-4-3-7-20-52-25-29-55(30-26-52)43(58)33-61-39-16-14-38(15-17-39)56-21-18-42(57)51-46(56)59/h2,5-6,8,10-17,31-32,47,50H,3-4,7,9,18-30,33H2,1H3,(H,51,57,59)/b45-44+,47-34?. The van der Waals surface area contributed by atoms with E-state index in [2.05, 4.69) is 73.0 Å². The Morgan fingerprint density at radius 1 is 0.820 bits per heavy atom. The molecule has 0 unspecified atom stereocenters. The van der Waals surface area contributed by atoms with Crippen molar-refractivity contribution in [3.63, 3.8) is 0 Å². The lowest BCUT2D eigenvalue weighted by atomic mass is 9.97. The average Bonchev–Trinajstić information content (AvgIpc) is 3.28. The number of nitrogens with zero attached hydrogens (tertiary/aromatic N) is 7. The molecule has 61 heavy (non-hydrogen) atoms. The van der Waals surface area contributed by atoms with Crippen LogP contribution in [0.4, 0.5) is 10.5 Å². The number of urea groups is 1. The minimum atomic E-state index is -0.438. The Hall–Kier alpha value is -6.19. The van der Waals surface area contributed by atoms with Crippen LogP contribution in [0.15, 0.2) is 107 Å². The van der Waals surface area contributed by atoms with Crippen molar-refractivity contribution in [2.24, 2.45) is 10.2 Å². The first kappa shape index (κ1) is 42.9. The molecule has 15 nitrogen and oxygen atoms in total. The number of ether oxygens (including phenoxy) is 1. The number of aryl methyl sites for hydroxylation is 1. The van der Waals surface area contributed by atoms with Crippen molar-refractivity contribution in [2.75, 3.05) is 90.0 Å². The van der Waals surface area contributed by atoms with Gasteiger partial charge in [-0.2, -0.15) is 4.91 Å². The number of aliphatic imine (C=N–C) groups is 1. The molecule has 0 saturated carbocycles. The molecule has 4 aliphatic rings. The Labute approximate surface area is 357 Å². The van der Waals surface area contributed by atoms with Gasteiger partial charge in [0.05, 0.1) is 12.3 Å². The van der Waals surface area contributed by atoms with Gasteiger partial charge in [-0.3, -0.25) is 29.6 Å². The fourth-order valence-corrected chi connectivity index (χ4v) is 8.15. The van der Waals surface area contributed by atoms with Gasteiger partial charge in [0.1, 0.15) is 17.4 Å². The summed E-state index contributed by atoms with van der Waals surface area (Å²) in [4.78, 5) is 62.7. The Bertz CT molecular complexity index is 2140. The Morgan fingerprint density at radius 3 is 2.28 bits per heavy atom. The molecule has 4 aliphatic heterocycles. The third-order valence-corrected chi connectivity index (χ3v) is 11.6. The van der Waals surface area contributed by atoms with Gasteiger partial charge in [0, 0.05) is 100 Å². The van der Waals surface area contributed by atoms with E-state index in [1.165, 1.54) is 10.5 Å². The molecule has 320 valence electrons. The molecule has 0 bridgehead atoms. The van der Waals surface area contributed by atoms with E-state index in [0.717, 1.165) is 99.7 Å². The van der Waals surface area contributed by atoms with Gasteiger partial charge >= 0.3 is 6.03 Å². The topological polar surface area (TPSA) is 166 Å². The van der Waals surface area contributed by atoms with Crippen molar-refractivity contribution in [3.05, 3.63) is 118 Å². The normalized spacial score (nSPS) is 18.5. The van der Waals surface area contributed by atoms with E-state index in [9.17, 15) is 19.3 Å². The molecule has 7 rings (SSSR count). The number of allylic oxidation sites excluding steroid dienone is 2. The molecule has 0 aromatic heterocycles. The number of hydrogen-bond acceptors (Lipinski definition) is 12. The van der Waals surface area contributed by atoms with Crippen LogP contribution in [-0.4, -0.2) is 134 Å². The first-order chi connectivity index (χ1) is 29.7. The summed E-state index contributed by atoms with van der Waals surface area (Å²) in [6.45, 7) is 10.4. The van der Waals surface area contributed by atoms with Crippen molar-refractivity contribution in [1.82, 2.24) is 30.2 Å². The summed E-state index contributed by atoms with van der Waals surface area (Å²) in [6.07, 6.45) is 6.51. The Kier molecular flexibility index (Phi) is 14.7. The van der Waals surface area contributed by atoms with Gasteiger partial charge in [-0.1, -0.05) is 66.2 Å². The predicted octanol–water partition coefficient (Wildman–Crippen LogP) is 5.10. The van der Waals surface area contributed by atoms with Gasteiger partial charge in [-0.15, -0.1) is 0 Å². The first-order valence-electron chi connectivity index (χ1n) is 21.4. The van der Waals surface area contributed by atoms with Crippen LogP contribution in [0.1, 0.15) is 49.3 Å². The second-order valence-electron chi connectivity index (χ2n) is 15.8. The number of nitroso groups, excluding NO2 is 1. The number of amides is 4. The maximum atomic E-state index is 12.9. The number of hydrogen-bond donors (Lipinski definition) is 3. The minimum Gasteiger partial charge on any atom is -0.484 e. The molecule has 4 amide bonds. The summed E-state index contributed by atoms with van der Waals surface area (Å²) in [5.41, 5.74) is 5.94. The SMILES string of the molecule is CC(=N)/C(=C1/N=C(c2ccccc2)C=C(N2CCN(CCN=O)CC2)N1)c1cccc(CCCCCN2CCN(C(=O)COc3ccc(N4CCC(=O)NC4=O)cc3)CC2)c1. The van der Waals surface area contributed by atoms with Gasteiger partial charge in [-0.25, -0.2) is 9.79 Å². The summed E-state index contributed by atoms with van der Waals surface area (Å²) in [6, 6.07) is 25.2. The largest absolute Gasteiger partial charge is 0.484 e. The maximum Gasteiger partial charge on any atom is 0.328 e. The molecule has 3 saturated heterocycles. The number of piperazine rings is 2. The predicted molar refractivity (Wildman–Crippen MR) is 238 cm³/mol. The van der Waals surface area contributed by atoms with Crippen molar-refractivity contribution in [3.8, 4) is 5.75 Å². The number of unbranched alkanes of at least 4 members (excludes halogenated alkanes) is 2. The van der Waals surface area contributed by atoms with Crippen molar-refractivity contribution in [2.45, 2.75) is 39.0 Å². The number of rotatable bonds is 17. The van der Waals surface area contributed by atoms with Crippen LogP contribution in [0.25, 0.3) is 5.57 Å². The molecule has 3 aromatic carbocycles. The Morgan fingerprint density at radius 2 is 1.56 bits per heavy atom. The van der Waals surface area contributed by atoms with Gasteiger partial charge in [0.2, 0.25) is 5.91 Å². The van der Waals surface area contributed by atoms with Crippen LogP contribution in [0.2, 0.25) is 0 Å². The molecule has 0 radical (unpaired) electrons. The molecule has 0 atom stereocenters. The van der Waals surface area contributed by atoms with Crippen LogP contribution < -0.4 is 20.3 Å². The quantitative estimate of drug-likeness (QED) is 0.0955. The van der Waals surface area contributed by atoms with Gasteiger partial charge in [-0.05, 0) is 68.1 Å². The smallest absolute Gasteiger partial charge is 0.328 e. The van der Waals surface area contributed by atoms with E-state index in [-0.39, 0.29) is 24.8 Å². The maximum absolute atomic E-state index is 12.9. The summed E-state index contributed by atoms with van der Waals surface area (Å²) in [7, 11) is 0. The van der Waals surface area contributed by atoms with E-state index in [1.807, 2.05) is 30.0 Å². The number of anilines is 1. The molecule has 4 heterocycles. The van der Waals surface area contributed by atoms with Crippen molar-refractivity contribution >= 4 is 40.5 Å². The number of benzene rings is 3. The van der Waals surface area contributed by atoms with Crippen molar-refractivity contribution in [1.29, 1.82) is 5.41 Å². The number of carbonyl (C=O) groups is 3. The van der Waals surface area contributed by atoms with Crippen LogP contribution in [0.5, 0.6) is 5.75 Å². The fraction of sp³-hybridized carbons (Fsp3) is 0.413. The minimum absolute atomic E-state index is 0.0451. The Balaban J connectivity index is 0.873. The lowest BCUT2D eigenvalue weighted by Crippen LogP contribution is -2.50. The molecule has 0 aliphatic carbocycles. The van der Waals surface area contributed by atoms with Gasteiger partial charge in [0.15, 0.2) is 6.61 Å². The highest BCUT2D eigenvalue weighted by atomic mass is 16.5. The van der Waals surface area contributed by atoms with E-state index in [4.69, 9.17) is 15.1 Å². The zero-order chi connectivity index (χ0) is 42.6. The number of carbonyl (C=O) groups excluding carboxylic acids is 3. The monoisotopic (exact) mass is 828 g/mol. The second kappa shape index (κ2) is 20.9. The van der Waals surface area contributed by atoms with Gasteiger partial charge < -0.3 is 25.3 Å².